The van der Waals surface area contributed by atoms with Gasteiger partial charge in [-0.15, -0.1) is 11.8 Å². The van der Waals surface area contributed by atoms with Crippen molar-refractivity contribution in [2.24, 2.45) is 5.92 Å². The number of hydrogen-bond acceptors (Lipinski definition) is 4. The summed E-state index contributed by atoms with van der Waals surface area (Å²) < 4.78 is 5.36. The number of amides is 2. The monoisotopic (exact) mass is 370 g/mol. The van der Waals surface area contributed by atoms with Crippen molar-refractivity contribution in [3.63, 3.8) is 0 Å². The third-order valence-electron chi connectivity index (χ3n) is 3.61. The Labute approximate surface area is 152 Å². The van der Waals surface area contributed by atoms with Crippen molar-refractivity contribution in [3.8, 4) is 0 Å². The van der Waals surface area contributed by atoms with E-state index in [1.807, 2.05) is 32.0 Å². The number of rotatable bonds is 4. The van der Waals surface area contributed by atoms with Gasteiger partial charge in [0.05, 0.1) is 6.61 Å². The number of esters is 1. The van der Waals surface area contributed by atoms with Crippen LogP contribution in [0.15, 0.2) is 24.3 Å². The van der Waals surface area contributed by atoms with Crippen LogP contribution in [-0.2, 0) is 9.53 Å². The molecule has 1 aliphatic heterocycles. The number of nitrogens with zero attached hydrogens (tertiary/aromatic N) is 2. The van der Waals surface area contributed by atoms with E-state index < -0.39 is 6.04 Å². The molecule has 2 atom stereocenters. The van der Waals surface area contributed by atoms with Gasteiger partial charge in [0.2, 0.25) is 0 Å². The summed E-state index contributed by atoms with van der Waals surface area (Å²) in [6, 6.07) is 6.57. The van der Waals surface area contributed by atoms with Crippen molar-refractivity contribution in [2.45, 2.75) is 25.3 Å². The predicted molar refractivity (Wildman–Crippen MR) is 97.2 cm³/mol. The zero-order chi connectivity index (χ0) is 17.9. The zero-order valence-electron chi connectivity index (χ0n) is 14.4. The van der Waals surface area contributed by atoms with E-state index in [0.717, 1.165) is 5.56 Å². The molecule has 0 aromatic heterocycles. The minimum absolute atomic E-state index is 0.226. The highest BCUT2D eigenvalue weighted by Crippen LogP contribution is 2.44. The molecule has 0 saturated carbocycles. The summed E-state index contributed by atoms with van der Waals surface area (Å²) in [4.78, 5) is 28.2. The van der Waals surface area contributed by atoms with Crippen molar-refractivity contribution in [1.82, 2.24) is 9.80 Å². The van der Waals surface area contributed by atoms with Crippen LogP contribution in [-0.4, -0.2) is 54.3 Å². The smallest absolute Gasteiger partial charge is 0.329 e. The van der Waals surface area contributed by atoms with E-state index in [9.17, 15) is 9.59 Å². The van der Waals surface area contributed by atoms with Gasteiger partial charge < -0.3 is 9.64 Å². The Morgan fingerprint density at radius 1 is 1.38 bits per heavy atom. The number of halogens is 1. The average molecular weight is 371 g/mol. The molecule has 1 aromatic carbocycles. The van der Waals surface area contributed by atoms with Gasteiger partial charge in [0.25, 0.3) is 0 Å². The first-order valence-corrected chi connectivity index (χ1v) is 9.28. The van der Waals surface area contributed by atoms with Crippen LogP contribution in [0, 0.1) is 5.92 Å². The second-order valence-electron chi connectivity index (χ2n) is 6.33. The summed E-state index contributed by atoms with van der Waals surface area (Å²) in [5, 5.41) is 0.285. The van der Waals surface area contributed by atoms with E-state index in [2.05, 4.69) is 0 Å². The Morgan fingerprint density at radius 2 is 2.04 bits per heavy atom. The number of hydrogen-bond donors (Lipinski definition) is 0. The first-order valence-electron chi connectivity index (χ1n) is 7.85. The summed E-state index contributed by atoms with van der Waals surface area (Å²) in [5.41, 5.74) is 0.832. The van der Waals surface area contributed by atoms with Crippen molar-refractivity contribution >= 4 is 35.4 Å². The number of urea groups is 1. The van der Waals surface area contributed by atoms with E-state index >= 15 is 0 Å². The third kappa shape index (κ3) is 4.16. The fourth-order valence-corrected chi connectivity index (χ4v) is 4.16. The first kappa shape index (κ1) is 18.9. The van der Waals surface area contributed by atoms with E-state index in [0.29, 0.717) is 17.4 Å². The zero-order valence-corrected chi connectivity index (χ0v) is 15.9. The molecule has 0 spiro atoms. The molecule has 1 heterocycles. The molecule has 1 saturated heterocycles. The maximum Gasteiger partial charge on any atom is 0.329 e. The second-order valence-corrected chi connectivity index (χ2v) is 7.85. The molecule has 1 fully saturated rings. The van der Waals surface area contributed by atoms with E-state index in [1.54, 1.807) is 25.1 Å². The van der Waals surface area contributed by atoms with E-state index in [1.165, 1.54) is 16.7 Å². The summed E-state index contributed by atoms with van der Waals surface area (Å²) in [6.45, 7) is 4.30. The lowest BCUT2D eigenvalue weighted by Gasteiger charge is -2.31. The number of benzene rings is 1. The standard InChI is InChI=1S/C17H23ClN2O3S/c1-11(2)9-23-16(21)14-10-24-15(20(14)17(22)19(3)4)12-7-5-6-8-13(12)18/h5-8,11,14-15H,9-10H2,1-4H3. The van der Waals surface area contributed by atoms with Crippen molar-refractivity contribution in [2.75, 3.05) is 26.5 Å². The van der Waals surface area contributed by atoms with Gasteiger partial charge in [-0.05, 0) is 12.0 Å². The molecule has 132 valence electrons. The molecule has 0 radical (unpaired) electrons. The molecular weight excluding hydrogens is 348 g/mol. The minimum atomic E-state index is -0.607. The molecule has 5 nitrogen and oxygen atoms in total. The number of ether oxygens (including phenoxy) is 1. The number of thioether (sulfide) groups is 1. The van der Waals surface area contributed by atoms with Crippen molar-refractivity contribution < 1.29 is 14.3 Å². The first-order chi connectivity index (χ1) is 11.3. The quantitative estimate of drug-likeness (QED) is 0.759. The highest BCUT2D eigenvalue weighted by atomic mass is 35.5. The van der Waals surface area contributed by atoms with Gasteiger partial charge >= 0.3 is 12.0 Å². The predicted octanol–water partition coefficient (Wildman–Crippen LogP) is 3.64. The maximum absolute atomic E-state index is 12.7. The fraction of sp³-hybridized carbons (Fsp3) is 0.529. The van der Waals surface area contributed by atoms with Crippen molar-refractivity contribution in [1.29, 1.82) is 0 Å². The molecule has 0 N–H and O–H groups in total. The van der Waals surface area contributed by atoms with E-state index in [-0.39, 0.29) is 23.3 Å². The molecule has 2 amide bonds. The Hall–Kier alpha value is -1.40. The molecule has 2 rings (SSSR count). The summed E-state index contributed by atoms with van der Waals surface area (Å²) in [7, 11) is 3.34. The van der Waals surface area contributed by atoms with Gasteiger partial charge in [0.1, 0.15) is 11.4 Å². The van der Waals surface area contributed by atoms with E-state index in [4.69, 9.17) is 16.3 Å². The fourth-order valence-electron chi connectivity index (χ4n) is 2.41. The molecule has 1 aliphatic rings. The van der Waals surface area contributed by atoms with Crippen LogP contribution < -0.4 is 0 Å². The molecule has 24 heavy (non-hydrogen) atoms. The summed E-state index contributed by atoms with van der Waals surface area (Å²) in [6.07, 6.45) is 0. The SMILES string of the molecule is CC(C)COC(=O)C1CSC(c2ccccc2Cl)N1C(=O)N(C)C. The molecule has 7 heteroatoms. The Balaban J connectivity index is 2.28. The summed E-state index contributed by atoms with van der Waals surface area (Å²) in [5.74, 6) is 0.383. The Bertz CT molecular complexity index is 609. The van der Waals surface area contributed by atoms with Crippen LogP contribution in [0.25, 0.3) is 0 Å². The van der Waals surface area contributed by atoms with Crippen LogP contribution in [0.3, 0.4) is 0 Å². The highest BCUT2D eigenvalue weighted by molar-refractivity contribution is 7.99. The van der Waals surface area contributed by atoms with Gasteiger partial charge in [-0.2, -0.15) is 0 Å². The van der Waals surface area contributed by atoms with Crippen LogP contribution in [0.2, 0.25) is 5.02 Å². The van der Waals surface area contributed by atoms with Crippen molar-refractivity contribution in [3.05, 3.63) is 34.9 Å². The molecular formula is C17H23ClN2O3S. The lowest BCUT2D eigenvalue weighted by molar-refractivity contribution is -0.149. The topological polar surface area (TPSA) is 49.9 Å². The average Bonchev–Trinajstić information content (AvgIpc) is 2.96. The lowest BCUT2D eigenvalue weighted by atomic mass is 10.2. The van der Waals surface area contributed by atoms with Crippen LogP contribution >= 0.6 is 23.4 Å². The molecule has 0 aliphatic carbocycles. The van der Waals surface area contributed by atoms with Crippen LogP contribution in [0.4, 0.5) is 4.79 Å². The van der Waals surface area contributed by atoms with Crippen LogP contribution in [0.1, 0.15) is 24.8 Å². The summed E-state index contributed by atoms with van der Waals surface area (Å²) >= 11 is 7.83. The number of carbonyl (C=O) groups is 2. The minimum Gasteiger partial charge on any atom is -0.464 e. The number of carbonyl (C=O) groups excluding carboxylic acids is 2. The molecule has 0 bridgehead atoms. The lowest BCUT2D eigenvalue weighted by Crippen LogP contribution is -2.48. The third-order valence-corrected chi connectivity index (χ3v) is 5.26. The van der Waals surface area contributed by atoms with Gasteiger partial charge in [-0.25, -0.2) is 9.59 Å². The Morgan fingerprint density at radius 3 is 2.62 bits per heavy atom. The normalized spacial score (nSPS) is 20.3. The van der Waals surface area contributed by atoms with Gasteiger partial charge in [0.15, 0.2) is 0 Å². The van der Waals surface area contributed by atoms with Gasteiger partial charge in [-0.3, -0.25) is 4.90 Å². The Kier molecular flexibility index (Phi) is 6.40. The second kappa shape index (κ2) is 8.12. The van der Waals surface area contributed by atoms with Gasteiger partial charge in [-0.1, -0.05) is 43.6 Å². The largest absolute Gasteiger partial charge is 0.464 e. The maximum atomic E-state index is 12.7. The molecule has 1 aromatic rings. The van der Waals surface area contributed by atoms with Gasteiger partial charge in [0, 0.05) is 30.4 Å². The highest BCUT2D eigenvalue weighted by Gasteiger charge is 2.44. The molecule has 2 unspecified atom stereocenters. The van der Waals surface area contributed by atoms with Crippen LogP contribution in [0.5, 0.6) is 0 Å².